The molecule has 25 heavy (non-hydrogen) atoms. The van der Waals surface area contributed by atoms with Gasteiger partial charge in [-0.05, 0) is 12.1 Å². The minimum atomic E-state index is -3.20. The SMILES string of the molecule is CS(=O)(=O)c1ccc(-c2cnc3c(N4CCOCC4)nccn23)cc1. The molecule has 0 atom stereocenters. The molecule has 1 fully saturated rings. The van der Waals surface area contributed by atoms with E-state index < -0.39 is 9.84 Å². The Balaban J connectivity index is 1.76. The van der Waals surface area contributed by atoms with Crippen LogP contribution in [0, 0.1) is 0 Å². The van der Waals surface area contributed by atoms with E-state index in [0.717, 1.165) is 35.8 Å². The lowest BCUT2D eigenvalue weighted by atomic mass is 10.2. The second-order valence-electron chi connectivity index (χ2n) is 5.98. The molecular weight excluding hydrogens is 340 g/mol. The van der Waals surface area contributed by atoms with Crippen molar-refractivity contribution in [2.24, 2.45) is 0 Å². The standard InChI is InChI=1S/C17H18N4O3S/c1-25(22,23)14-4-2-13(3-5-14)15-12-19-17-16(18-6-7-21(15)17)20-8-10-24-11-9-20/h2-7,12H,8-11H2,1H3. The van der Waals surface area contributed by atoms with Gasteiger partial charge in [0.2, 0.25) is 0 Å². The van der Waals surface area contributed by atoms with E-state index >= 15 is 0 Å². The third-order valence-corrected chi connectivity index (χ3v) is 5.43. The molecule has 0 amide bonds. The van der Waals surface area contributed by atoms with Gasteiger partial charge in [-0.25, -0.2) is 18.4 Å². The van der Waals surface area contributed by atoms with Crippen LogP contribution < -0.4 is 4.90 Å². The van der Waals surface area contributed by atoms with E-state index in [1.807, 2.05) is 10.6 Å². The van der Waals surface area contributed by atoms with E-state index in [1.54, 1.807) is 36.7 Å². The normalized spacial score (nSPS) is 15.6. The first-order valence-electron chi connectivity index (χ1n) is 7.99. The Morgan fingerprint density at radius 3 is 2.48 bits per heavy atom. The molecule has 4 rings (SSSR count). The van der Waals surface area contributed by atoms with Crippen molar-refractivity contribution in [3.8, 4) is 11.3 Å². The van der Waals surface area contributed by atoms with Crippen molar-refractivity contribution in [3.63, 3.8) is 0 Å². The molecular formula is C17H18N4O3S. The van der Waals surface area contributed by atoms with Crippen LogP contribution in [0.3, 0.4) is 0 Å². The summed E-state index contributed by atoms with van der Waals surface area (Å²) in [5.41, 5.74) is 2.58. The second-order valence-corrected chi connectivity index (χ2v) is 8.00. The summed E-state index contributed by atoms with van der Waals surface area (Å²) in [4.78, 5) is 11.5. The second kappa shape index (κ2) is 6.12. The summed E-state index contributed by atoms with van der Waals surface area (Å²) in [6, 6.07) is 6.84. The Hall–Kier alpha value is -2.45. The van der Waals surface area contributed by atoms with E-state index in [0.29, 0.717) is 18.1 Å². The van der Waals surface area contributed by atoms with Gasteiger partial charge in [0, 0.05) is 37.3 Å². The summed E-state index contributed by atoms with van der Waals surface area (Å²) in [7, 11) is -3.20. The van der Waals surface area contributed by atoms with Crippen molar-refractivity contribution in [1.82, 2.24) is 14.4 Å². The first-order valence-corrected chi connectivity index (χ1v) is 9.88. The Morgan fingerprint density at radius 2 is 1.80 bits per heavy atom. The number of rotatable bonds is 3. The highest BCUT2D eigenvalue weighted by Gasteiger charge is 2.18. The molecule has 1 aromatic carbocycles. The molecule has 0 bridgehead atoms. The van der Waals surface area contributed by atoms with Crippen LogP contribution in [-0.2, 0) is 14.6 Å². The molecule has 3 heterocycles. The molecule has 130 valence electrons. The fraction of sp³-hybridized carbons (Fsp3) is 0.294. The minimum absolute atomic E-state index is 0.306. The van der Waals surface area contributed by atoms with E-state index in [4.69, 9.17) is 4.74 Å². The Bertz CT molecular complexity index is 1010. The van der Waals surface area contributed by atoms with Gasteiger partial charge < -0.3 is 9.64 Å². The maximum absolute atomic E-state index is 11.6. The summed E-state index contributed by atoms with van der Waals surface area (Å²) in [6.07, 6.45) is 6.62. The molecule has 3 aromatic rings. The smallest absolute Gasteiger partial charge is 0.180 e. The number of imidazole rings is 1. The van der Waals surface area contributed by atoms with Crippen LogP contribution in [0.4, 0.5) is 5.82 Å². The zero-order valence-corrected chi connectivity index (χ0v) is 14.6. The number of nitrogens with zero attached hydrogens (tertiary/aromatic N) is 4. The number of hydrogen-bond donors (Lipinski definition) is 0. The molecule has 2 aromatic heterocycles. The zero-order valence-electron chi connectivity index (χ0n) is 13.8. The predicted molar refractivity (Wildman–Crippen MR) is 94.6 cm³/mol. The van der Waals surface area contributed by atoms with Crippen molar-refractivity contribution in [2.45, 2.75) is 4.90 Å². The maximum Gasteiger partial charge on any atom is 0.180 e. The van der Waals surface area contributed by atoms with Crippen LogP contribution >= 0.6 is 0 Å². The molecule has 1 aliphatic heterocycles. The predicted octanol–water partition coefficient (Wildman–Crippen LogP) is 1.64. The molecule has 1 saturated heterocycles. The summed E-state index contributed by atoms with van der Waals surface area (Å²) in [6.45, 7) is 2.95. The first-order chi connectivity index (χ1) is 12.0. The third-order valence-electron chi connectivity index (χ3n) is 4.30. The molecule has 0 N–H and O–H groups in total. The monoisotopic (exact) mass is 358 g/mol. The van der Waals surface area contributed by atoms with Gasteiger partial charge in [0.25, 0.3) is 0 Å². The quantitative estimate of drug-likeness (QED) is 0.708. The largest absolute Gasteiger partial charge is 0.378 e. The Morgan fingerprint density at radius 1 is 1.08 bits per heavy atom. The van der Waals surface area contributed by atoms with E-state index in [9.17, 15) is 8.42 Å². The van der Waals surface area contributed by atoms with E-state index in [-0.39, 0.29) is 0 Å². The lowest BCUT2D eigenvalue weighted by Gasteiger charge is -2.27. The number of anilines is 1. The third kappa shape index (κ3) is 2.98. The Labute approximate surface area is 145 Å². The van der Waals surface area contributed by atoms with Gasteiger partial charge in [-0.1, -0.05) is 12.1 Å². The fourth-order valence-electron chi connectivity index (χ4n) is 2.99. The van der Waals surface area contributed by atoms with Crippen molar-refractivity contribution in [1.29, 1.82) is 0 Å². The summed E-state index contributed by atoms with van der Waals surface area (Å²) in [5, 5.41) is 0. The van der Waals surface area contributed by atoms with Crippen LogP contribution in [0.15, 0.2) is 47.8 Å². The summed E-state index contributed by atoms with van der Waals surface area (Å²) in [5.74, 6) is 0.838. The fourth-order valence-corrected chi connectivity index (χ4v) is 3.62. The van der Waals surface area contributed by atoms with Gasteiger partial charge >= 0.3 is 0 Å². The molecule has 0 aliphatic carbocycles. The van der Waals surface area contributed by atoms with Crippen LogP contribution in [-0.4, -0.2) is 55.3 Å². The molecule has 0 unspecified atom stereocenters. The van der Waals surface area contributed by atoms with Gasteiger partial charge in [0.15, 0.2) is 21.3 Å². The van der Waals surface area contributed by atoms with Crippen molar-refractivity contribution < 1.29 is 13.2 Å². The van der Waals surface area contributed by atoms with E-state index in [1.165, 1.54) is 6.26 Å². The number of aromatic nitrogens is 3. The topological polar surface area (TPSA) is 76.8 Å². The molecule has 7 nitrogen and oxygen atoms in total. The van der Waals surface area contributed by atoms with E-state index in [2.05, 4.69) is 14.9 Å². The molecule has 0 saturated carbocycles. The number of fused-ring (bicyclic) bond motifs is 1. The van der Waals surface area contributed by atoms with Gasteiger partial charge in [-0.2, -0.15) is 0 Å². The van der Waals surface area contributed by atoms with Gasteiger partial charge in [-0.15, -0.1) is 0 Å². The average molecular weight is 358 g/mol. The molecule has 0 spiro atoms. The van der Waals surface area contributed by atoms with Gasteiger partial charge in [0.1, 0.15) is 0 Å². The number of ether oxygens (including phenoxy) is 1. The van der Waals surface area contributed by atoms with Crippen LogP contribution in [0.25, 0.3) is 16.9 Å². The lowest BCUT2D eigenvalue weighted by molar-refractivity contribution is 0.122. The molecule has 8 heteroatoms. The molecule has 1 aliphatic rings. The Kier molecular flexibility index (Phi) is 3.93. The summed E-state index contributed by atoms with van der Waals surface area (Å²) >= 11 is 0. The van der Waals surface area contributed by atoms with Crippen molar-refractivity contribution in [3.05, 3.63) is 42.9 Å². The van der Waals surface area contributed by atoms with Crippen molar-refractivity contribution in [2.75, 3.05) is 37.5 Å². The number of sulfone groups is 1. The number of benzene rings is 1. The highest BCUT2D eigenvalue weighted by atomic mass is 32.2. The number of hydrogen-bond acceptors (Lipinski definition) is 6. The van der Waals surface area contributed by atoms with Crippen molar-refractivity contribution >= 4 is 21.3 Å². The van der Waals surface area contributed by atoms with Crippen LogP contribution in [0.2, 0.25) is 0 Å². The highest BCUT2D eigenvalue weighted by molar-refractivity contribution is 7.90. The highest BCUT2D eigenvalue weighted by Crippen LogP contribution is 2.26. The van der Waals surface area contributed by atoms with Crippen LogP contribution in [0.5, 0.6) is 0 Å². The maximum atomic E-state index is 11.6. The number of morpholine rings is 1. The summed E-state index contributed by atoms with van der Waals surface area (Å²) < 4.78 is 30.6. The molecule has 0 radical (unpaired) electrons. The lowest BCUT2D eigenvalue weighted by Crippen LogP contribution is -2.37. The zero-order chi connectivity index (χ0) is 17.4. The van der Waals surface area contributed by atoms with Crippen LogP contribution in [0.1, 0.15) is 0 Å². The average Bonchev–Trinajstić information content (AvgIpc) is 3.06. The van der Waals surface area contributed by atoms with Gasteiger partial charge in [0.05, 0.1) is 30.0 Å². The first kappa shape index (κ1) is 16.0. The van der Waals surface area contributed by atoms with Gasteiger partial charge in [-0.3, -0.25) is 4.40 Å². The minimum Gasteiger partial charge on any atom is -0.378 e.